The molecule has 4 nitrogen and oxygen atoms in total. The van der Waals surface area contributed by atoms with E-state index in [1.165, 1.54) is 5.56 Å². The van der Waals surface area contributed by atoms with Crippen LogP contribution in [-0.4, -0.2) is 12.8 Å². The molecule has 1 aromatic carbocycles. The van der Waals surface area contributed by atoms with Crippen LogP contribution in [0.1, 0.15) is 19.4 Å². The summed E-state index contributed by atoms with van der Waals surface area (Å²) in [4.78, 5) is 0. The molecule has 0 bridgehead atoms. The molecule has 0 unspecified atom stereocenters. The third-order valence-corrected chi connectivity index (χ3v) is 1.85. The van der Waals surface area contributed by atoms with Gasteiger partial charge in [0.05, 0.1) is 12.8 Å². The van der Waals surface area contributed by atoms with Gasteiger partial charge in [-0.05, 0) is 31.5 Å². The molecule has 0 aromatic heterocycles. The lowest BCUT2D eigenvalue weighted by Crippen LogP contribution is -2.33. The number of rotatable bonds is 6. The van der Waals surface area contributed by atoms with Crippen LogP contribution in [0.4, 0.5) is 0 Å². The lowest BCUT2D eigenvalue weighted by Gasteiger charge is -2.10. The fourth-order valence-corrected chi connectivity index (χ4v) is 1.24. The highest BCUT2D eigenvalue weighted by Gasteiger charge is 1.97. The molecule has 0 aliphatic rings. The van der Waals surface area contributed by atoms with Crippen LogP contribution in [0.2, 0.25) is 0 Å². The fourth-order valence-electron chi connectivity index (χ4n) is 1.24. The maximum Gasteiger partial charge on any atom is 0.119 e. The van der Waals surface area contributed by atoms with E-state index in [1.807, 2.05) is 38.1 Å². The quantitative estimate of drug-likeness (QED) is 0.283. The third kappa shape index (κ3) is 4.78. The monoisotopic (exact) mass is 209 g/mol. The Kier molecular flexibility index (Phi) is 5.10. The summed E-state index contributed by atoms with van der Waals surface area (Å²) in [6, 6.07) is 8.04. The second kappa shape index (κ2) is 6.40. The molecular formula is C11H19N3O. The number of ether oxygens (including phenoxy) is 1. The van der Waals surface area contributed by atoms with Gasteiger partial charge in [-0.1, -0.05) is 12.1 Å². The van der Waals surface area contributed by atoms with Crippen LogP contribution in [0.15, 0.2) is 24.3 Å². The van der Waals surface area contributed by atoms with E-state index in [2.05, 4.69) is 10.7 Å². The standard InChI is InChI=1S/C11H19N3O/c1-9(2)15-11-5-3-10(4-6-11)7-13-8-14-12/h3-6,9,13-14H,7-8,12H2,1-2H3. The molecule has 1 aromatic rings. The van der Waals surface area contributed by atoms with Crippen LogP contribution >= 0.6 is 0 Å². The van der Waals surface area contributed by atoms with Crippen LogP contribution in [0.3, 0.4) is 0 Å². The Morgan fingerprint density at radius 2 is 1.93 bits per heavy atom. The van der Waals surface area contributed by atoms with Gasteiger partial charge in [0.25, 0.3) is 0 Å². The fraction of sp³-hybridized carbons (Fsp3) is 0.455. The van der Waals surface area contributed by atoms with Crippen molar-refractivity contribution < 1.29 is 4.74 Å². The second-order valence-electron chi connectivity index (χ2n) is 3.62. The van der Waals surface area contributed by atoms with Crippen LogP contribution in [0.5, 0.6) is 5.75 Å². The molecule has 4 heteroatoms. The van der Waals surface area contributed by atoms with Gasteiger partial charge in [0.1, 0.15) is 5.75 Å². The zero-order valence-corrected chi connectivity index (χ0v) is 9.29. The van der Waals surface area contributed by atoms with E-state index in [1.54, 1.807) is 0 Å². The van der Waals surface area contributed by atoms with Crippen LogP contribution < -0.4 is 21.3 Å². The van der Waals surface area contributed by atoms with Crippen LogP contribution in [-0.2, 0) is 6.54 Å². The first-order valence-electron chi connectivity index (χ1n) is 5.12. The molecule has 0 aliphatic heterocycles. The van der Waals surface area contributed by atoms with Gasteiger partial charge < -0.3 is 4.74 Å². The Hall–Kier alpha value is -1.10. The second-order valence-corrected chi connectivity index (χ2v) is 3.62. The predicted molar refractivity (Wildman–Crippen MR) is 61.2 cm³/mol. The van der Waals surface area contributed by atoms with Crippen molar-refractivity contribution in [3.05, 3.63) is 29.8 Å². The molecule has 0 saturated carbocycles. The van der Waals surface area contributed by atoms with Crippen molar-refractivity contribution in [3.8, 4) is 5.75 Å². The van der Waals surface area contributed by atoms with Crippen molar-refractivity contribution in [1.29, 1.82) is 0 Å². The minimum absolute atomic E-state index is 0.218. The zero-order chi connectivity index (χ0) is 11.1. The van der Waals surface area contributed by atoms with Gasteiger partial charge in [-0.25, -0.2) is 5.43 Å². The molecule has 0 saturated heterocycles. The summed E-state index contributed by atoms with van der Waals surface area (Å²) in [5.74, 6) is 6.05. The van der Waals surface area contributed by atoms with Crippen molar-refractivity contribution in [2.75, 3.05) is 6.67 Å². The maximum atomic E-state index is 5.54. The summed E-state index contributed by atoms with van der Waals surface area (Å²) < 4.78 is 5.54. The molecule has 84 valence electrons. The summed E-state index contributed by atoms with van der Waals surface area (Å²) >= 11 is 0. The van der Waals surface area contributed by atoms with Crippen LogP contribution in [0, 0.1) is 0 Å². The smallest absolute Gasteiger partial charge is 0.119 e. The number of benzene rings is 1. The number of hydrazine groups is 1. The number of hydrogen-bond acceptors (Lipinski definition) is 4. The SMILES string of the molecule is CC(C)Oc1ccc(CNCNN)cc1. The highest BCUT2D eigenvalue weighted by atomic mass is 16.5. The summed E-state index contributed by atoms with van der Waals surface area (Å²) in [6.45, 7) is 5.43. The molecule has 0 heterocycles. The molecular weight excluding hydrogens is 190 g/mol. The van der Waals surface area contributed by atoms with E-state index < -0.39 is 0 Å². The summed E-state index contributed by atoms with van der Waals surface area (Å²) in [5.41, 5.74) is 3.75. The van der Waals surface area contributed by atoms with Crippen molar-refractivity contribution in [2.45, 2.75) is 26.5 Å². The Morgan fingerprint density at radius 1 is 1.27 bits per heavy atom. The summed E-state index contributed by atoms with van der Waals surface area (Å²) in [6.07, 6.45) is 0.218. The molecule has 0 spiro atoms. The van der Waals surface area contributed by atoms with E-state index in [4.69, 9.17) is 10.6 Å². The number of nitrogens with two attached hydrogens (primary N) is 1. The Morgan fingerprint density at radius 3 is 2.47 bits per heavy atom. The maximum absolute atomic E-state index is 5.54. The molecule has 0 atom stereocenters. The van der Waals surface area contributed by atoms with E-state index in [-0.39, 0.29) is 6.10 Å². The first-order valence-corrected chi connectivity index (χ1v) is 5.12. The van der Waals surface area contributed by atoms with Gasteiger partial charge in [-0.15, -0.1) is 0 Å². The number of nitrogens with one attached hydrogen (secondary N) is 2. The lowest BCUT2D eigenvalue weighted by molar-refractivity contribution is 0.242. The van der Waals surface area contributed by atoms with E-state index in [0.29, 0.717) is 6.67 Å². The first kappa shape index (κ1) is 12.0. The topological polar surface area (TPSA) is 59.3 Å². The highest BCUT2D eigenvalue weighted by molar-refractivity contribution is 5.27. The third-order valence-electron chi connectivity index (χ3n) is 1.85. The average molecular weight is 209 g/mol. The van der Waals surface area contributed by atoms with Crippen molar-refractivity contribution in [3.63, 3.8) is 0 Å². The van der Waals surface area contributed by atoms with Gasteiger partial charge in [0.2, 0.25) is 0 Å². The predicted octanol–water partition coefficient (Wildman–Crippen LogP) is 0.984. The minimum atomic E-state index is 0.218. The van der Waals surface area contributed by atoms with Gasteiger partial charge in [-0.3, -0.25) is 11.2 Å². The lowest BCUT2D eigenvalue weighted by atomic mass is 10.2. The average Bonchev–Trinajstić information content (AvgIpc) is 2.20. The molecule has 0 radical (unpaired) electrons. The molecule has 0 amide bonds. The van der Waals surface area contributed by atoms with Gasteiger partial charge in [0.15, 0.2) is 0 Å². The van der Waals surface area contributed by atoms with Gasteiger partial charge >= 0.3 is 0 Å². The number of hydrogen-bond donors (Lipinski definition) is 3. The Bertz CT molecular complexity index is 272. The largest absolute Gasteiger partial charge is 0.491 e. The summed E-state index contributed by atoms with van der Waals surface area (Å²) in [5, 5.41) is 3.13. The van der Waals surface area contributed by atoms with Crippen molar-refractivity contribution >= 4 is 0 Å². The van der Waals surface area contributed by atoms with Gasteiger partial charge in [0, 0.05) is 6.54 Å². The Labute approximate surface area is 90.8 Å². The van der Waals surface area contributed by atoms with Crippen molar-refractivity contribution in [1.82, 2.24) is 10.7 Å². The van der Waals surface area contributed by atoms with Crippen molar-refractivity contribution in [2.24, 2.45) is 5.84 Å². The minimum Gasteiger partial charge on any atom is -0.491 e. The zero-order valence-electron chi connectivity index (χ0n) is 9.29. The molecule has 0 fully saturated rings. The highest BCUT2D eigenvalue weighted by Crippen LogP contribution is 2.13. The molecule has 4 N–H and O–H groups in total. The first-order chi connectivity index (χ1) is 7.22. The van der Waals surface area contributed by atoms with Crippen LogP contribution in [0.25, 0.3) is 0 Å². The van der Waals surface area contributed by atoms with Gasteiger partial charge in [-0.2, -0.15) is 0 Å². The molecule has 0 aliphatic carbocycles. The normalized spacial score (nSPS) is 10.7. The Balaban J connectivity index is 2.42. The van der Waals surface area contributed by atoms with E-state index in [0.717, 1.165) is 12.3 Å². The molecule has 1 rings (SSSR count). The van der Waals surface area contributed by atoms with E-state index in [9.17, 15) is 0 Å². The summed E-state index contributed by atoms with van der Waals surface area (Å²) in [7, 11) is 0. The van der Waals surface area contributed by atoms with E-state index >= 15 is 0 Å². The molecule has 15 heavy (non-hydrogen) atoms.